The van der Waals surface area contributed by atoms with Gasteiger partial charge in [-0.05, 0) is 53.6 Å². The van der Waals surface area contributed by atoms with Crippen LogP contribution in [0, 0.1) is 5.82 Å². The van der Waals surface area contributed by atoms with Gasteiger partial charge in [0.25, 0.3) is 5.91 Å². The standard InChI is InChI=1S/C21H22FN7O/c1-28-19-8-5-4-7-17(19)25-20(28)9-3-2-6-12-23-21(30)16-13-15(22)10-11-18(16)29-14-24-26-27-29/h4-5,7-8,10-11,13-14H,2-3,6,9,12H2,1H3,(H,23,30). The Hall–Kier alpha value is -3.62. The molecule has 0 saturated carbocycles. The first kappa shape index (κ1) is 19.7. The Labute approximate surface area is 172 Å². The highest BCUT2D eigenvalue weighted by atomic mass is 19.1. The molecule has 0 aliphatic carbocycles. The summed E-state index contributed by atoms with van der Waals surface area (Å²) in [5.41, 5.74) is 2.77. The molecule has 0 saturated heterocycles. The summed E-state index contributed by atoms with van der Waals surface area (Å²) in [5, 5.41) is 13.8. The zero-order valence-corrected chi connectivity index (χ0v) is 16.6. The number of aryl methyl sites for hydroxylation is 2. The van der Waals surface area contributed by atoms with E-state index in [0.717, 1.165) is 42.5 Å². The van der Waals surface area contributed by atoms with Gasteiger partial charge in [0, 0.05) is 20.0 Å². The lowest BCUT2D eigenvalue weighted by molar-refractivity contribution is 0.0952. The number of imidazole rings is 1. The molecule has 2 aromatic carbocycles. The van der Waals surface area contributed by atoms with Gasteiger partial charge in [-0.25, -0.2) is 9.37 Å². The maximum Gasteiger partial charge on any atom is 0.253 e. The molecular formula is C21H22FN7O. The van der Waals surface area contributed by atoms with Crippen molar-refractivity contribution in [3.63, 3.8) is 0 Å². The minimum atomic E-state index is -0.487. The summed E-state index contributed by atoms with van der Waals surface area (Å²) < 4.78 is 17.1. The highest BCUT2D eigenvalue weighted by Gasteiger charge is 2.15. The third-order valence-electron chi connectivity index (χ3n) is 5.04. The summed E-state index contributed by atoms with van der Waals surface area (Å²) in [6.45, 7) is 0.507. The smallest absolute Gasteiger partial charge is 0.253 e. The lowest BCUT2D eigenvalue weighted by Gasteiger charge is -2.10. The van der Waals surface area contributed by atoms with Crippen molar-refractivity contribution in [1.29, 1.82) is 0 Å². The number of unbranched alkanes of at least 4 members (excludes halogenated alkanes) is 2. The van der Waals surface area contributed by atoms with Gasteiger partial charge >= 0.3 is 0 Å². The topological polar surface area (TPSA) is 90.5 Å². The molecule has 0 unspecified atom stereocenters. The molecule has 1 amide bonds. The number of aromatic nitrogens is 6. The fourth-order valence-electron chi connectivity index (χ4n) is 3.46. The number of halogens is 1. The molecule has 0 radical (unpaired) electrons. The molecule has 154 valence electrons. The maximum atomic E-state index is 13.7. The predicted molar refractivity (Wildman–Crippen MR) is 110 cm³/mol. The average molecular weight is 407 g/mol. The largest absolute Gasteiger partial charge is 0.352 e. The van der Waals surface area contributed by atoms with E-state index < -0.39 is 5.82 Å². The molecule has 0 bridgehead atoms. The van der Waals surface area contributed by atoms with E-state index in [1.165, 1.54) is 29.2 Å². The molecule has 0 aliphatic rings. The molecule has 2 heterocycles. The van der Waals surface area contributed by atoms with Gasteiger partial charge in [0.15, 0.2) is 0 Å². The molecule has 0 aliphatic heterocycles. The van der Waals surface area contributed by atoms with Gasteiger partial charge in [0.2, 0.25) is 0 Å². The molecule has 1 N–H and O–H groups in total. The Morgan fingerprint density at radius 1 is 1.13 bits per heavy atom. The first-order valence-corrected chi connectivity index (χ1v) is 9.85. The van der Waals surface area contributed by atoms with Crippen LogP contribution in [0.3, 0.4) is 0 Å². The Morgan fingerprint density at radius 2 is 2.00 bits per heavy atom. The number of hydrogen-bond donors (Lipinski definition) is 1. The third-order valence-corrected chi connectivity index (χ3v) is 5.04. The van der Waals surface area contributed by atoms with Gasteiger partial charge < -0.3 is 9.88 Å². The molecule has 2 aromatic heterocycles. The van der Waals surface area contributed by atoms with Crippen molar-refractivity contribution in [3.8, 4) is 5.69 Å². The van der Waals surface area contributed by atoms with Crippen LogP contribution >= 0.6 is 0 Å². The van der Waals surface area contributed by atoms with Crippen LogP contribution in [0.25, 0.3) is 16.7 Å². The highest BCUT2D eigenvalue weighted by molar-refractivity contribution is 5.97. The van der Waals surface area contributed by atoms with E-state index in [1.807, 2.05) is 25.2 Å². The lowest BCUT2D eigenvalue weighted by atomic mass is 10.1. The number of para-hydroxylation sites is 2. The number of carbonyl (C=O) groups excluding carboxylic acids is 1. The number of hydrogen-bond acceptors (Lipinski definition) is 5. The average Bonchev–Trinajstić information content (AvgIpc) is 3.39. The van der Waals surface area contributed by atoms with E-state index in [-0.39, 0.29) is 11.5 Å². The summed E-state index contributed by atoms with van der Waals surface area (Å²) in [6.07, 6.45) is 5.00. The number of fused-ring (bicyclic) bond motifs is 1. The van der Waals surface area contributed by atoms with Crippen molar-refractivity contribution in [3.05, 3.63) is 66.0 Å². The van der Waals surface area contributed by atoms with Crippen LogP contribution in [0.2, 0.25) is 0 Å². The second-order valence-corrected chi connectivity index (χ2v) is 7.06. The van der Waals surface area contributed by atoms with E-state index in [1.54, 1.807) is 0 Å². The Morgan fingerprint density at radius 3 is 2.80 bits per heavy atom. The van der Waals surface area contributed by atoms with Crippen LogP contribution in [-0.4, -0.2) is 42.2 Å². The number of rotatable bonds is 8. The van der Waals surface area contributed by atoms with Crippen LogP contribution in [0.5, 0.6) is 0 Å². The van der Waals surface area contributed by atoms with E-state index in [4.69, 9.17) is 0 Å². The van der Waals surface area contributed by atoms with Crippen LogP contribution in [0.1, 0.15) is 35.4 Å². The van der Waals surface area contributed by atoms with Crippen molar-refractivity contribution in [1.82, 2.24) is 35.1 Å². The van der Waals surface area contributed by atoms with Crippen molar-refractivity contribution < 1.29 is 9.18 Å². The third kappa shape index (κ3) is 4.19. The summed E-state index contributed by atoms with van der Waals surface area (Å²) in [5.74, 6) is 0.223. The van der Waals surface area contributed by atoms with Crippen molar-refractivity contribution in [2.45, 2.75) is 25.7 Å². The van der Waals surface area contributed by atoms with Crippen molar-refractivity contribution in [2.75, 3.05) is 6.54 Å². The molecule has 8 nitrogen and oxygen atoms in total. The Bertz CT molecular complexity index is 1150. The normalized spacial score (nSPS) is 11.1. The maximum absolute atomic E-state index is 13.7. The molecule has 0 atom stereocenters. The summed E-state index contributed by atoms with van der Waals surface area (Å²) in [7, 11) is 2.03. The van der Waals surface area contributed by atoms with Gasteiger partial charge in [0.05, 0.1) is 22.3 Å². The number of nitrogens with zero attached hydrogens (tertiary/aromatic N) is 6. The fourth-order valence-corrected chi connectivity index (χ4v) is 3.46. The van der Waals surface area contributed by atoms with Gasteiger partial charge in [-0.3, -0.25) is 4.79 Å². The highest BCUT2D eigenvalue weighted by Crippen LogP contribution is 2.17. The predicted octanol–water partition coefficient (Wildman–Crippen LogP) is 2.83. The Kier molecular flexibility index (Phi) is 5.78. The van der Waals surface area contributed by atoms with Crippen LogP contribution in [-0.2, 0) is 13.5 Å². The Balaban J connectivity index is 1.27. The number of tetrazole rings is 1. The molecule has 4 aromatic rings. The molecule has 4 rings (SSSR count). The van der Waals surface area contributed by atoms with Gasteiger partial charge in [-0.1, -0.05) is 18.6 Å². The minimum Gasteiger partial charge on any atom is -0.352 e. The van der Waals surface area contributed by atoms with E-state index >= 15 is 0 Å². The number of amides is 1. The second kappa shape index (κ2) is 8.81. The number of nitrogens with one attached hydrogen (secondary N) is 1. The molecular weight excluding hydrogens is 385 g/mol. The van der Waals surface area contributed by atoms with E-state index in [9.17, 15) is 9.18 Å². The molecule has 0 spiro atoms. The summed E-state index contributed by atoms with van der Waals surface area (Å²) in [6, 6.07) is 12.0. The number of carbonyl (C=O) groups is 1. The van der Waals surface area contributed by atoms with Crippen LogP contribution < -0.4 is 5.32 Å². The van der Waals surface area contributed by atoms with E-state index in [2.05, 4.69) is 36.5 Å². The first-order chi connectivity index (χ1) is 14.6. The monoisotopic (exact) mass is 407 g/mol. The van der Waals surface area contributed by atoms with Crippen LogP contribution in [0.15, 0.2) is 48.8 Å². The van der Waals surface area contributed by atoms with E-state index in [0.29, 0.717) is 12.2 Å². The first-order valence-electron chi connectivity index (χ1n) is 9.85. The van der Waals surface area contributed by atoms with Gasteiger partial charge in [-0.15, -0.1) is 5.10 Å². The van der Waals surface area contributed by atoms with Crippen LogP contribution in [0.4, 0.5) is 4.39 Å². The number of benzene rings is 2. The lowest BCUT2D eigenvalue weighted by Crippen LogP contribution is -2.26. The van der Waals surface area contributed by atoms with Crippen molar-refractivity contribution >= 4 is 16.9 Å². The molecule has 9 heteroatoms. The SMILES string of the molecule is Cn1c(CCCCCNC(=O)c2cc(F)ccc2-n2cnnn2)nc2ccccc21. The summed E-state index contributed by atoms with van der Waals surface area (Å²) >= 11 is 0. The second-order valence-electron chi connectivity index (χ2n) is 7.06. The molecule has 30 heavy (non-hydrogen) atoms. The zero-order chi connectivity index (χ0) is 20.9. The van der Waals surface area contributed by atoms with Gasteiger partial charge in [-0.2, -0.15) is 4.68 Å². The fraction of sp³-hybridized carbons (Fsp3) is 0.286. The quantitative estimate of drug-likeness (QED) is 0.454. The van der Waals surface area contributed by atoms with Crippen molar-refractivity contribution in [2.24, 2.45) is 7.05 Å². The molecule has 0 fully saturated rings. The minimum absolute atomic E-state index is 0.196. The zero-order valence-electron chi connectivity index (χ0n) is 16.6. The van der Waals surface area contributed by atoms with Gasteiger partial charge in [0.1, 0.15) is 18.0 Å². The summed E-state index contributed by atoms with van der Waals surface area (Å²) in [4.78, 5) is 17.2.